The maximum atomic E-state index is 13.2. The van der Waals surface area contributed by atoms with Crippen LogP contribution in [0.5, 0.6) is 5.75 Å². The van der Waals surface area contributed by atoms with Gasteiger partial charge in [0.1, 0.15) is 5.82 Å². The summed E-state index contributed by atoms with van der Waals surface area (Å²) in [6.07, 6.45) is 0.419. The lowest BCUT2D eigenvalue weighted by molar-refractivity contribution is -0.144. The number of hydrogen-bond acceptors (Lipinski definition) is 5. The van der Waals surface area contributed by atoms with Crippen molar-refractivity contribution in [3.63, 3.8) is 0 Å². The van der Waals surface area contributed by atoms with E-state index >= 15 is 0 Å². The molecule has 1 heterocycles. The summed E-state index contributed by atoms with van der Waals surface area (Å²) in [5.41, 5.74) is 0.436. The van der Waals surface area contributed by atoms with E-state index in [4.69, 9.17) is 21.4 Å². The second kappa shape index (κ2) is 9.33. The fourth-order valence-electron chi connectivity index (χ4n) is 2.86. The Balaban J connectivity index is 2.09. The van der Waals surface area contributed by atoms with Crippen molar-refractivity contribution in [1.82, 2.24) is 9.66 Å². The number of ether oxygens (including phenoxy) is 1. The number of nitrogens with zero attached hydrogens (tertiary/aromatic N) is 3. The standard InChI is InChI=1S/C22H20Br2ClN3O4/c1-11(20(30)31)32-18-15(24)7-12(8-16(18)25)10-26-28-19(29)14-9-13(23)5-6-17(14)27-21(28)22(2,3)4/h5-11H,1-4H3,(H,30,31)/t11-/m1/s1. The minimum atomic E-state index is -1.11. The van der Waals surface area contributed by atoms with Crippen molar-refractivity contribution in [1.29, 1.82) is 0 Å². The molecule has 3 rings (SSSR count). The second-order valence-electron chi connectivity index (χ2n) is 8.12. The third-order valence-electron chi connectivity index (χ3n) is 4.46. The van der Waals surface area contributed by atoms with E-state index in [0.29, 0.717) is 26.8 Å². The van der Waals surface area contributed by atoms with Crippen molar-refractivity contribution in [2.45, 2.75) is 39.2 Å². The summed E-state index contributed by atoms with van der Waals surface area (Å²) in [6.45, 7) is 7.27. The summed E-state index contributed by atoms with van der Waals surface area (Å²) in [4.78, 5) is 29.0. The Morgan fingerprint density at radius 2 is 1.97 bits per heavy atom. The van der Waals surface area contributed by atoms with E-state index in [2.05, 4.69) is 41.9 Å². The van der Waals surface area contributed by atoms with Crippen LogP contribution in [0.3, 0.4) is 0 Å². The molecule has 2 aromatic carbocycles. The van der Waals surface area contributed by atoms with Gasteiger partial charge in [0.05, 0.1) is 26.6 Å². The number of carbonyl (C=O) groups is 1. The molecule has 0 bridgehead atoms. The highest BCUT2D eigenvalue weighted by Crippen LogP contribution is 2.35. The van der Waals surface area contributed by atoms with Crippen LogP contribution in [0.1, 0.15) is 39.1 Å². The Morgan fingerprint density at radius 3 is 2.56 bits per heavy atom. The molecule has 0 aliphatic rings. The second-order valence-corrected chi connectivity index (χ2v) is 10.3. The lowest BCUT2D eigenvalue weighted by atomic mass is 9.95. The molecule has 7 nitrogen and oxygen atoms in total. The van der Waals surface area contributed by atoms with Crippen LogP contribution in [0.4, 0.5) is 0 Å². The molecule has 0 saturated heterocycles. The molecule has 1 atom stereocenters. The molecule has 1 aromatic heterocycles. The van der Waals surface area contributed by atoms with Gasteiger partial charge >= 0.3 is 5.97 Å². The van der Waals surface area contributed by atoms with Gasteiger partial charge in [0.25, 0.3) is 5.56 Å². The van der Waals surface area contributed by atoms with Crippen LogP contribution < -0.4 is 10.3 Å². The number of carboxylic acids is 1. The Morgan fingerprint density at radius 1 is 1.28 bits per heavy atom. The van der Waals surface area contributed by atoms with Crippen LogP contribution in [0.2, 0.25) is 5.02 Å². The largest absolute Gasteiger partial charge is 0.479 e. The van der Waals surface area contributed by atoms with Gasteiger partial charge in [0.15, 0.2) is 11.9 Å². The summed E-state index contributed by atoms with van der Waals surface area (Å²) in [7, 11) is 0. The number of aliphatic carboxylic acids is 1. The number of benzene rings is 2. The highest BCUT2D eigenvalue weighted by molar-refractivity contribution is 9.10. The maximum Gasteiger partial charge on any atom is 0.344 e. The molecule has 32 heavy (non-hydrogen) atoms. The lowest BCUT2D eigenvalue weighted by Crippen LogP contribution is -2.29. The topological polar surface area (TPSA) is 93.8 Å². The maximum absolute atomic E-state index is 13.2. The number of carboxylic acid groups (broad SMARTS) is 1. The van der Waals surface area contributed by atoms with Crippen LogP contribution in [0.15, 0.2) is 49.2 Å². The van der Waals surface area contributed by atoms with E-state index in [1.165, 1.54) is 17.8 Å². The molecule has 0 unspecified atom stereocenters. The summed E-state index contributed by atoms with van der Waals surface area (Å²) < 4.78 is 7.92. The number of halogens is 3. The van der Waals surface area contributed by atoms with Gasteiger partial charge < -0.3 is 9.84 Å². The summed E-state index contributed by atoms with van der Waals surface area (Å²) in [6, 6.07) is 8.59. The number of aromatic nitrogens is 2. The first kappa shape index (κ1) is 24.4. The first-order valence-electron chi connectivity index (χ1n) is 9.54. The van der Waals surface area contributed by atoms with Crippen LogP contribution in [0, 0.1) is 0 Å². The molecule has 0 aliphatic carbocycles. The van der Waals surface area contributed by atoms with Crippen LogP contribution in [-0.4, -0.2) is 33.1 Å². The first-order chi connectivity index (χ1) is 14.9. The highest BCUT2D eigenvalue weighted by Gasteiger charge is 2.23. The van der Waals surface area contributed by atoms with Crippen molar-refractivity contribution >= 4 is 66.5 Å². The Hall–Kier alpha value is -2.23. The van der Waals surface area contributed by atoms with Gasteiger partial charge in [-0.25, -0.2) is 9.78 Å². The minimum absolute atomic E-state index is 0.206. The number of hydrogen-bond donors (Lipinski definition) is 1. The van der Waals surface area contributed by atoms with Crippen molar-refractivity contribution in [2.24, 2.45) is 5.10 Å². The van der Waals surface area contributed by atoms with Crippen LogP contribution in [-0.2, 0) is 10.2 Å². The average Bonchev–Trinajstić information content (AvgIpc) is 2.69. The SMILES string of the molecule is C[C@@H](Oc1c(Cl)cc(C=Nn2c(C(C)(C)C)nc3ccc(Br)cc3c2=O)cc1Br)C(=O)O. The fraction of sp³-hybridized carbons (Fsp3) is 0.273. The molecule has 3 aromatic rings. The zero-order valence-electron chi connectivity index (χ0n) is 17.7. The average molecular weight is 586 g/mol. The highest BCUT2D eigenvalue weighted by atomic mass is 79.9. The van der Waals surface area contributed by atoms with E-state index in [1.54, 1.807) is 24.3 Å². The van der Waals surface area contributed by atoms with Gasteiger partial charge in [-0.3, -0.25) is 4.79 Å². The molecule has 0 fully saturated rings. The van der Waals surface area contributed by atoms with Crippen LogP contribution in [0.25, 0.3) is 10.9 Å². The molecule has 168 valence electrons. The molecule has 10 heteroatoms. The first-order valence-corrected chi connectivity index (χ1v) is 11.5. The third kappa shape index (κ3) is 5.22. The van der Waals surface area contributed by atoms with E-state index < -0.39 is 17.5 Å². The van der Waals surface area contributed by atoms with E-state index in [-0.39, 0.29) is 16.3 Å². The Bertz CT molecular complexity index is 1280. The van der Waals surface area contributed by atoms with Gasteiger partial charge in [0, 0.05) is 9.89 Å². The molecular formula is C22H20Br2ClN3O4. The smallest absolute Gasteiger partial charge is 0.344 e. The van der Waals surface area contributed by atoms with Gasteiger partial charge in [-0.1, -0.05) is 48.3 Å². The molecular weight excluding hydrogens is 566 g/mol. The van der Waals surface area contributed by atoms with Gasteiger partial charge in [-0.05, 0) is 58.7 Å². The van der Waals surface area contributed by atoms with Crippen molar-refractivity contribution in [2.75, 3.05) is 0 Å². The van der Waals surface area contributed by atoms with Gasteiger partial charge in [-0.2, -0.15) is 9.78 Å². The molecule has 0 aliphatic heterocycles. The zero-order valence-corrected chi connectivity index (χ0v) is 21.6. The Kier molecular flexibility index (Phi) is 7.12. The zero-order chi connectivity index (χ0) is 23.8. The van der Waals surface area contributed by atoms with Crippen LogP contribution >= 0.6 is 43.5 Å². The number of rotatable bonds is 5. The molecule has 1 N–H and O–H groups in total. The predicted molar refractivity (Wildman–Crippen MR) is 132 cm³/mol. The van der Waals surface area contributed by atoms with E-state index in [9.17, 15) is 9.59 Å². The van der Waals surface area contributed by atoms with Crippen molar-refractivity contribution in [3.05, 3.63) is 66.0 Å². The number of fused-ring (bicyclic) bond motifs is 1. The minimum Gasteiger partial charge on any atom is -0.479 e. The Labute approximate surface area is 206 Å². The summed E-state index contributed by atoms with van der Waals surface area (Å²) in [5, 5.41) is 14.1. The van der Waals surface area contributed by atoms with E-state index in [1.807, 2.05) is 26.8 Å². The monoisotopic (exact) mass is 583 g/mol. The predicted octanol–water partition coefficient (Wildman–Crippen LogP) is 5.61. The molecule has 0 radical (unpaired) electrons. The molecule has 0 saturated carbocycles. The molecule has 0 amide bonds. The van der Waals surface area contributed by atoms with Crippen molar-refractivity contribution in [3.8, 4) is 5.75 Å². The fourth-order valence-corrected chi connectivity index (χ4v) is 4.18. The quantitative estimate of drug-likeness (QED) is 0.393. The summed E-state index contributed by atoms with van der Waals surface area (Å²) in [5.74, 6) is -0.388. The third-order valence-corrected chi connectivity index (χ3v) is 5.83. The van der Waals surface area contributed by atoms with E-state index in [0.717, 1.165) is 4.47 Å². The van der Waals surface area contributed by atoms with Gasteiger partial charge in [0.2, 0.25) is 0 Å². The normalized spacial score (nSPS) is 13.0. The van der Waals surface area contributed by atoms with Crippen molar-refractivity contribution < 1.29 is 14.6 Å². The lowest BCUT2D eigenvalue weighted by Gasteiger charge is -2.21. The summed E-state index contributed by atoms with van der Waals surface area (Å²) >= 11 is 13.0. The molecule has 0 spiro atoms. The van der Waals surface area contributed by atoms with Gasteiger partial charge in [-0.15, -0.1) is 0 Å².